The number of benzene rings is 1. The largest absolute Gasteiger partial charge is 0.308 e. The molecule has 0 amide bonds. The van der Waals surface area contributed by atoms with Crippen LogP contribution in [-0.4, -0.2) is 43.1 Å². The topological polar surface area (TPSA) is 72.0 Å². The summed E-state index contributed by atoms with van der Waals surface area (Å²) < 4.78 is 36.5. The second kappa shape index (κ2) is 8.89. The van der Waals surface area contributed by atoms with E-state index in [9.17, 15) is 12.8 Å². The molecule has 1 atom stereocenters. The van der Waals surface area contributed by atoms with Crippen molar-refractivity contribution in [2.45, 2.75) is 50.0 Å². The van der Waals surface area contributed by atoms with Crippen LogP contribution in [0.2, 0.25) is 5.02 Å². The van der Waals surface area contributed by atoms with Crippen LogP contribution in [0, 0.1) is 0 Å². The lowest BCUT2D eigenvalue weighted by Gasteiger charge is -2.50. The minimum atomic E-state index is -3.29. The number of hydrogen-bond donors (Lipinski definition) is 1. The minimum Gasteiger partial charge on any atom is -0.308 e. The van der Waals surface area contributed by atoms with Crippen LogP contribution in [0.4, 0.5) is 4.39 Å². The molecule has 1 N–H and O–H groups in total. The van der Waals surface area contributed by atoms with Crippen LogP contribution in [-0.2, 0) is 28.1 Å². The van der Waals surface area contributed by atoms with Gasteiger partial charge in [0.25, 0.3) is 0 Å². The number of alkyl halides is 1. The second-order valence-corrected chi connectivity index (χ2v) is 11.0. The average molecular weight is 452 g/mol. The molecule has 0 spiro atoms. The molecule has 1 aromatic heterocycles. The van der Waals surface area contributed by atoms with Crippen molar-refractivity contribution in [3.63, 3.8) is 0 Å². The number of aryl methyl sites for hydroxylation is 1. The van der Waals surface area contributed by atoms with Crippen LogP contribution in [0.25, 0.3) is 0 Å². The number of nitrogens with one attached hydrogen (secondary N) is 1. The van der Waals surface area contributed by atoms with Gasteiger partial charge in [0, 0.05) is 23.1 Å². The van der Waals surface area contributed by atoms with E-state index in [2.05, 4.69) is 22.4 Å². The SMILES string of the molecule is O=S(=O)(CCCF)CCc1ncc2c(n1)C(C1(c3ccc(Cl)cc3)CCC1)NCC2. The van der Waals surface area contributed by atoms with E-state index in [0.717, 1.165) is 42.1 Å². The maximum absolute atomic E-state index is 12.3. The van der Waals surface area contributed by atoms with Gasteiger partial charge in [-0.05, 0) is 55.5 Å². The van der Waals surface area contributed by atoms with E-state index in [4.69, 9.17) is 16.6 Å². The zero-order valence-corrected chi connectivity index (χ0v) is 18.5. The first-order valence-electron chi connectivity index (χ1n) is 10.5. The fraction of sp³-hybridized carbons (Fsp3) is 0.545. The summed E-state index contributed by atoms with van der Waals surface area (Å²) in [6.45, 7) is 0.252. The molecule has 30 heavy (non-hydrogen) atoms. The summed E-state index contributed by atoms with van der Waals surface area (Å²) in [7, 11) is -3.29. The summed E-state index contributed by atoms with van der Waals surface area (Å²) in [4.78, 5) is 9.26. The monoisotopic (exact) mass is 451 g/mol. The van der Waals surface area contributed by atoms with Gasteiger partial charge in [-0.1, -0.05) is 30.2 Å². The molecule has 1 unspecified atom stereocenters. The highest BCUT2D eigenvalue weighted by Crippen LogP contribution is 2.53. The molecule has 1 aliphatic heterocycles. The van der Waals surface area contributed by atoms with Crippen molar-refractivity contribution in [2.75, 3.05) is 24.7 Å². The predicted molar refractivity (Wildman–Crippen MR) is 116 cm³/mol. The third kappa shape index (κ3) is 4.39. The highest BCUT2D eigenvalue weighted by Gasteiger charge is 2.48. The maximum atomic E-state index is 12.3. The Kier molecular flexibility index (Phi) is 6.42. The molecular weight excluding hydrogens is 425 g/mol. The van der Waals surface area contributed by atoms with Gasteiger partial charge in [0.15, 0.2) is 9.84 Å². The van der Waals surface area contributed by atoms with E-state index in [1.807, 2.05) is 18.3 Å². The van der Waals surface area contributed by atoms with Crippen molar-refractivity contribution >= 4 is 21.4 Å². The van der Waals surface area contributed by atoms with E-state index in [-0.39, 0.29) is 35.8 Å². The van der Waals surface area contributed by atoms with Gasteiger partial charge in [-0.15, -0.1) is 0 Å². The van der Waals surface area contributed by atoms with E-state index in [0.29, 0.717) is 5.82 Å². The Balaban J connectivity index is 1.60. The number of halogens is 2. The van der Waals surface area contributed by atoms with Crippen LogP contribution in [0.5, 0.6) is 0 Å². The number of aromatic nitrogens is 2. The van der Waals surface area contributed by atoms with Gasteiger partial charge in [0.05, 0.1) is 29.9 Å². The molecular formula is C22H27ClFN3O2S. The Labute approximate surface area is 182 Å². The van der Waals surface area contributed by atoms with Gasteiger partial charge in [-0.3, -0.25) is 4.39 Å². The Morgan fingerprint density at radius 2 is 1.97 bits per heavy atom. The molecule has 2 aromatic rings. The summed E-state index contributed by atoms with van der Waals surface area (Å²) >= 11 is 6.11. The summed E-state index contributed by atoms with van der Waals surface area (Å²) in [5.41, 5.74) is 3.35. The molecule has 1 saturated carbocycles. The molecule has 2 aliphatic rings. The van der Waals surface area contributed by atoms with Gasteiger partial charge in [0.1, 0.15) is 5.82 Å². The Morgan fingerprint density at radius 3 is 2.63 bits per heavy atom. The van der Waals surface area contributed by atoms with Crippen LogP contribution in [0.3, 0.4) is 0 Å². The summed E-state index contributed by atoms with van der Waals surface area (Å²) in [6, 6.07) is 8.16. The van der Waals surface area contributed by atoms with Crippen molar-refractivity contribution in [3.05, 3.63) is 58.1 Å². The Hall–Kier alpha value is -1.57. The molecule has 0 radical (unpaired) electrons. The molecule has 1 aliphatic carbocycles. The van der Waals surface area contributed by atoms with Gasteiger partial charge in [-0.2, -0.15) is 0 Å². The maximum Gasteiger partial charge on any atom is 0.150 e. The fourth-order valence-corrected chi connectivity index (χ4v) is 6.01. The minimum absolute atomic E-state index is 0.0292. The normalized spacial score (nSPS) is 20.4. The van der Waals surface area contributed by atoms with Gasteiger partial charge in [-0.25, -0.2) is 18.4 Å². The average Bonchev–Trinajstić information content (AvgIpc) is 2.71. The molecule has 0 saturated heterocycles. The van der Waals surface area contributed by atoms with E-state index < -0.39 is 16.5 Å². The molecule has 2 heterocycles. The first-order chi connectivity index (χ1) is 14.4. The van der Waals surface area contributed by atoms with E-state index >= 15 is 0 Å². The van der Waals surface area contributed by atoms with Crippen molar-refractivity contribution < 1.29 is 12.8 Å². The second-order valence-electron chi connectivity index (χ2n) is 8.29. The number of rotatable bonds is 8. The lowest BCUT2D eigenvalue weighted by Crippen LogP contribution is -2.49. The Morgan fingerprint density at radius 1 is 1.20 bits per heavy atom. The standard InChI is InChI=1S/C22H27ClFN3O2S/c23-18-5-3-17(4-6-18)22(9-1-10-22)21-20-16(7-12-25-21)15-26-19(27-20)8-14-30(28,29)13-2-11-24/h3-6,15,21,25H,1-2,7-14H2. The molecule has 0 bridgehead atoms. The lowest BCUT2D eigenvalue weighted by molar-refractivity contribution is 0.161. The zero-order valence-electron chi connectivity index (χ0n) is 16.9. The molecule has 1 fully saturated rings. The smallest absolute Gasteiger partial charge is 0.150 e. The fourth-order valence-electron chi connectivity index (χ4n) is 4.63. The first kappa shape index (κ1) is 21.7. The van der Waals surface area contributed by atoms with Crippen molar-refractivity contribution in [3.8, 4) is 0 Å². The molecule has 8 heteroatoms. The van der Waals surface area contributed by atoms with Crippen molar-refractivity contribution in [2.24, 2.45) is 0 Å². The quantitative estimate of drug-likeness (QED) is 0.661. The molecule has 1 aromatic carbocycles. The number of fused-ring (bicyclic) bond motifs is 1. The van der Waals surface area contributed by atoms with Crippen molar-refractivity contribution in [1.82, 2.24) is 15.3 Å². The van der Waals surface area contributed by atoms with Gasteiger partial charge in [0.2, 0.25) is 0 Å². The zero-order chi connectivity index (χ0) is 21.2. The highest BCUT2D eigenvalue weighted by atomic mass is 35.5. The van der Waals surface area contributed by atoms with Crippen LogP contribution < -0.4 is 5.32 Å². The Bertz CT molecular complexity index is 994. The number of hydrogen-bond acceptors (Lipinski definition) is 5. The van der Waals surface area contributed by atoms with Crippen LogP contribution in [0.1, 0.15) is 54.4 Å². The summed E-state index contributed by atoms with van der Waals surface area (Å²) in [5, 5.41) is 4.40. The van der Waals surface area contributed by atoms with Crippen LogP contribution >= 0.6 is 11.6 Å². The summed E-state index contributed by atoms with van der Waals surface area (Å²) in [5.74, 6) is 0.363. The first-order valence-corrected chi connectivity index (χ1v) is 12.7. The number of nitrogens with zero attached hydrogens (tertiary/aromatic N) is 2. The third-order valence-corrected chi connectivity index (χ3v) is 8.40. The predicted octanol–water partition coefficient (Wildman–Crippen LogP) is 3.76. The molecule has 162 valence electrons. The van der Waals surface area contributed by atoms with E-state index in [1.165, 1.54) is 12.0 Å². The lowest BCUT2D eigenvalue weighted by atomic mass is 9.58. The third-order valence-electron chi connectivity index (χ3n) is 6.41. The molecule has 5 nitrogen and oxygen atoms in total. The van der Waals surface area contributed by atoms with Gasteiger partial charge >= 0.3 is 0 Å². The summed E-state index contributed by atoms with van der Waals surface area (Å²) in [6.07, 6.45) is 6.32. The van der Waals surface area contributed by atoms with E-state index in [1.54, 1.807) is 0 Å². The van der Waals surface area contributed by atoms with Crippen molar-refractivity contribution in [1.29, 1.82) is 0 Å². The molecule has 4 rings (SSSR count). The number of sulfone groups is 1. The van der Waals surface area contributed by atoms with Crippen LogP contribution in [0.15, 0.2) is 30.5 Å². The van der Waals surface area contributed by atoms with Gasteiger partial charge < -0.3 is 5.32 Å². The highest BCUT2D eigenvalue weighted by molar-refractivity contribution is 7.91.